The molecule has 4 fully saturated rings. The van der Waals surface area contributed by atoms with Crippen LogP contribution in [0.3, 0.4) is 0 Å². The van der Waals surface area contributed by atoms with Crippen molar-refractivity contribution in [2.24, 2.45) is 11.8 Å². The van der Waals surface area contributed by atoms with Crippen LogP contribution in [-0.4, -0.2) is 84.4 Å². The van der Waals surface area contributed by atoms with Gasteiger partial charge in [0.1, 0.15) is 6.04 Å². The van der Waals surface area contributed by atoms with Crippen molar-refractivity contribution in [3.05, 3.63) is 23.8 Å². The molecule has 0 saturated carbocycles. The summed E-state index contributed by atoms with van der Waals surface area (Å²) < 4.78 is 10.6. The van der Waals surface area contributed by atoms with Gasteiger partial charge in [-0.15, -0.1) is 0 Å². The minimum Gasteiger partial charge on any atom is -0.493 e. The standard InChI is InChI=1S/C26H34N4O6/c1-35-21-8-6-16(11-22(21)36-2)13-30-25(33)19(27-26(30)34)7-9-23(31)28-12-17-10-18(15-28)20-4-3-5-24(32)29(20)14-17/h6,8,11,17-20H,3-5,7,9-10,12-15H2,1-2H3,(H,27,34)/t17-,18+,19+,20+/m1/s1. The number of carbonyl (C=O) groups excluding carboxylic acids is 4. The Morgan fingerprint density at radius 2 is 1.89 bits per heavy atom. The van der Waals surface area contributed by atoms with Crippen molar-refractivity contribution in [2.75, 3.05) is 33.9 Å². The van der Waals surface area contributed by atoms with Gasteiger partial charge in [0.15, 0.2) is 11.5 Å². The summed E-state index contributed by atoms with van der Waals surface area (Å²) in [7, 11) is 3.07. The lowest BCUT2D eigenvalue weighted by atomic mass is 9.76. The Bertz CT molecular complexity index is 1060. The summed E-state index contributed by atoms with van der Waals surface area (Å²) in [5, 5.41) is 2.73. The van der Waals surface area contributed by atoms with E-state index >= 15 is 0 Å². The van der Waals surface area contributed by atoms with Gasteiger partial charge in [0.25, 0.3) is 5.91 Å². The third-order valence-electron chi connectivity index (χ3n) is 8.08. The fourth-order valence-electron chi connectivity index (χ4n) is 6.32. The topological polar surface area (TPSA) is 108 Å². The van der Waals surface area contributed by atoms with E-state index in [1.807, 2.05) is 4.90 Å². The first-order valence-electron chi connectivity index (χ1n) is 12.8. The molecule has 194 valence electrons. The molecule has 1 aromatic rings. The zero-order chi connectivity index (χ0) is 25.4. The van der Waals surface area contributed by atoms with Crippen LogP contribution in [0, 0.1) is 11.8 Å². The molecule has 5 amide bonds. The molecule has 4 aliphatic heterocycles. The lowest BCUT2D eigenvalue weighted by molar-refractivity contribution is -0.148. The maximum atomic E-state index is 13.1. The van der Waals surface area contributed by atoms with Crippen LogP contribution in [0.25, 0.3) is 0 Å². The van der Waals surface area contributed by atoms with Crippen LogP contribution in [-0.2, 0) is 20.9 Å². The van der Waals surface area contributed by atoms with E-state index in [0.29, 0.717) is 42.8 Å². The molecule has 2 bridgehead atoms. The molecule has 4 saturated heterocycles. The van der Waals surface area contributed by atoms with Gasteiger partial charge in [-0.1, -0.05) is 6.07 Å². The summed E-state index contributed by atoms with van der Waals surface area (Å²) in [6.07, 6.45) is 4.13. The maximum absolute atomic E-state index is 13.1. The highest BCUT2D eigenvalue weighted by Crippen LogP contribution is 2.38. The Hall–Kier alpha value is -3.30. The van der Waals surface area contributed by atoms with E-state index < -0.39 is 12.1 Å². The predicted molar refractivity (Wildman–Crippen MR) is 129 cm³/mol. The average molecular weight is 499 g/mol. The second-order valence-corrected chi connectivity index (χ2v) is 10.3. The number of rotatable bonds is 7. The Morgan fingerprint density at radius 3 is 2.67 bits per heavy atom. The van der Waals surface area contributed by atoms with Crippen LogP contribution >= 0.6 is 0 Å². The van der Waals surface area contributed by atoms with Crippen LogP contribution in [0.5, 0.6) is 11.5 Å². The molecule has 10 nitrogen and oxygen atoms in total. The molecular weight excluding hydrogens is 464 g/mol. The van der Waals surface area contributed by atoms with Gasteiger partial charge in [0, 0.05) is 38.5 Å². The molecule has 0 unspecified atom stereocenters. The van der Waals surface area contributed by atoms with Crippen LogP contribution in [0.4, 0.5) is 4.79 Å². The van der Waals surface area contributed by atoms with Crippen LogP contribution in [0.1, 0.15) is 44.1 Å². The molecule has 4 heterocycles. The fourth-order valence-corrected chi connectivity index (χ4v) is 6.32. The number of methoxy groups -OCH3 is 2. The molecule has 4 aliphatic rings. The summed E-state index contributed by atoms with van der Waals surface area (Å²) in [6, 6.07) is 4.34. The predicted octanol–water partition coefficient (Wildman–Crippen LogP) is 1.76. The van der Waals surface area contributed by atoms with Gasteiger partial charge in [-0.25, -0.2) is 4.79 Å². The minimum absolute atomic E-state index is 0.0145. The number of benzene rings is 1. The Balaban J connectivity index is 1.16. The van der Waals surface area contributed by atoms with E-state index in [9.17, 15) is 19.2 Å². The van der Waals surface area contributed by atoms with Crippen LogP contribution in [0.2, 0.25) is 0 Å². The lowest BCUT2D eigenvalue weighted by Crippen LogP contribution is -2.61. The van der Waals surface area contributed by atoms with Crippen LogP contribution in [0.15, 0.2) is 18.2 Å². The van der Waals surface area contributed by atoms with Crippen molar-refractivity contribution in [3.8, 4) is 11.5 Å². The number of nitrogens with zero attached hydrogens (tertiary/aromatic N) is 3. The summed E-state index contributed by atoms with van der Waals surface area (Å²) in [5.41, 5.74) is 0.739. The number of ether oxygens (including phenoxy) is 2. The normalized spacial score (nSPS) is 27.6. The van der Waals surface area contributed by atoms with E-state index in [1.165, 1.54) is 12.0 Å². The third-order valence-corrected chi connectivity index (χ3v) is 8.08. The molecule has 1 aromatic carbocycles. The first-order chi connectivity index (χ1) is 17.4. The van der Waals surface area contributed by atoms with Crippen molar-refractivity contribution in [3.63, 3.8) is 0 Å². The highest BCUT2D eigenvalue weighted by molar-refractivity contribution is 6.04. The van der Waals surface area contributed by atoms with Crippen molar-refractivity contribution in [2.45, 2.75) is 57.2 Å². The minimum atomic E-state index is -0.711. The number of urea groups is 1. The summed E-state index contributed by atoms with van der Waals surface area (Å²) in [5.74, 6) is 1.69. The van der Waals surface area contributed by atoms with E-state index in [-0.39, 0.29) is 43.1 Å². The fraction of sp³-hybridized carbons (Fsp3) is 0.615. The number of fused-ring (bicyclic) bond motifs is 4. The molecule has 1 N–H and O–H groups in total. The molecule has 0 radical (unpaired) electrons. The number of nitrogens with one attached hydrogen (secondary N) is 1. The highest BCUT2D eigenvalue weighted by Gasteiger charge is 2.45. The van der Waals surface area contributed by atoms with E-state index in [4.69, 9.17) is 9.47 Å². The van der Waals surface area contributed by atoms with E-state index in [1.54, 1.807) is 25.3 Å². The summed E-state index contributed by atoms with van der Waals surface area (Å²) in [4.78, 5) is 56.1. The van der Waals surface area contributed by atoms with E-state index in [2.05, 4.69) is 10.2 Å². The SMILES string of the molecule is COc1ccc(CN2C(=O)N[C@@H](CCC(=O)N3C[C@H]4C[C@@H](C3)[C@@H]3CCCC(=O)N3C4)C2=O)cc1OC. The van der Waals surface area contributed by atoms with Crippen molar-refractivity contribution in [1.29, 1.82) is 0 Å². The smallest absolute Gasteiger partial charge is 0.325 e. The quantitative estimate of drug-likeness (QED) is 0.574. The first kappa shape index (κ1) is 24.4. The zero-order valence-electron chi connectivity index (χ0n) is 20.9. The molecule has 5 rings (SSSR count). The zero-order valence-corrected chi connectivity index (χ0v) is 20.9. The van der Waals surface area contributed by atoms with Crippen molar-refractivity contribution in [1.82, 2.24) is 20.0 Å². The Labute approximate surface area is 210 Å². The second kappa shape index (κ2) is 9.99. The second-order valence-electron chi connectivity index (χ2n) is 10.3. The van der Waals surface area contributed by atoms with Gasteiger partial charge in [-0.05, 0) is 55.2 Å². The molecule has 0 aromatic heterocycles. The third kappa shape index (κ3) is 4.60. The Kier molecular flexibility index (Phi) is 6.77. The van der Waals surface area contributed by atoms with Gasteiger partial charge >= 0.3 is 6.03 Å². The van der Waals surface area contributed by atoms with E-state index in [0.717, 1.165) is 31.4 Å². The molecular formula is C26H34N4O6. The maximum Gasteiger partial charge on any atom is 0.325 e. The Morgan fingerprint density at radius 1 is 1.08 bits per heavy atom. The molecule has 36 heavy (non-hydrogen) atoms. The van der Waals surface area contributed by atoms with Gasteiger partial charge in [0.2, 0.25) is 11.8 Å². The monoisotopic (exact) mass is 498 g/mol. The summed E-state index contributed by atoms with van der Waals surface area (Å²) >= 11 is 0. The highest BCUT2D eigenvalue weighted by atomic mass is 16.5. The molecule has 0 aliphatic carbocycles. The van der Waals surface area contributed by atoms with Crippen LogP contribution < -0.4 is 14.8 Å². The number of carbonyl (C=O) groups is 4. The van der Waals surface area contributed by atoms with Gasteiger partial charge in [-0.3, -0.25) is 19.3 Å². The number of piperidine rings is 3. The van der Waals surface area contributed by atoms with Gasteiger partial charge in [0.05, 0.1) is 20.8 Å². The first-order valence-corrected chi connectivity index (χ1v) is 12.8. The number of likely N-dealkylation sites (tertiary alicyclic amines) is 1. The lowest BCUT2D eigenvalue weighted by Gasteiger charge is -2.52. The van der Waals surface area contributed by atoms with Gasteiger partial charge in [-0.2, -0.15) is 0 Å². The van der Waals surface area contributed by atoms with Crippen molar-refractivity contribution >= 4 is 23.8 Å². The number of hydrogen-bond donors (Lipinski definition) is 1. The number of amides is 5. The van der Waals surface area contributed by atoms with Crippen molar-refractivity contribution < 1.29 is 28.7 Å². The molecule has 0 spiro atoms. The molecule has 4 atom stereocenters. The summed E-state index contributed by atoms with van der Waals surface area (Å²) in [6.45, 7) is 2.18. The number of hydrogen-bond acceptors (Lipinski definition) is 6. The largest absolute Gasteiger partial charge is 0.493 e. The molecule has 10 heteroatoms. The van der Waals surface area contributed by atoms with Gasteiger partial charge < -0.3 is 24.6 Å². The number of imide groups is 1. The average Bonchev–Trinajstić information content (AvgIpc) is 3.15.